The highest BCUT2D eigenvalue weighted by Crippen LogP contribution is 2.10. The monoisotopic (exact) mass is 504 g/mol. The van der Waals surface area contributed by atoms with Gasteiger partial charge in [0.1, 0.15) is 30.5 Å². The molecule has 0 radical (unpaired) electrons. The van der Waals surface area contributed by atoms with Gasteiger partial charge in [-0.25, -0.2) is 9.38 Å². The molecular weight excluding hydrogens is 474 g/mol. The van der Waals surface area contributed by atoms with Crippen LogP contribution in [0.5, 0.6) is 5.75 Å². The van der Waals surface area contributed by atoms with E-state index in [4.69, 9.17) is 4.74 Å². The number of aliphatic imine (C=N–C) groups is 1. The number of guanidine groups is 1. The van der Waals surface area contributed by atoms with Crippen molar-refractivity contribution in [3.8, 4) is 5.75 Å². The van der Waals surface area contributed by atoms with Crippen LogP contribution in [0.25, 0.3) is 0 Å². The van der Waals surface area contributed by atoms with Crippen LogP contribution in [0.3, 0.4) is 0 Å². The summed E-state index contributed by atoms with van der Waals surface area (Å²) in [6, 6.07) is 6.03. The van der Waals surface area contributed by atoms with E-state index in [2.05, 4.69) is 27.4 Å². The Morgan fingerprint density at radius 1 is 1.29 bits per heavy atom. The topological polar surface area (TPSA) is 67.6 Å². The molecule has 28 heavy (non-hydrogen) atoms. The summed E-state index contributed by atoms with van der Waals surface area (Å²) in [4.78, 5) is 6.70. The first-order valence-corrected chi connectivity index (χ1v) is 9.24. The minimum Gasteiger partial charge on any atom is -0.492 e. The first-order valence-electron chi connectivity index (χ1n) is 9.24. The quantitative estimate of drug-likeness (QED) is 0.246. The molecule has 0 bridgehead atoms. The Bertz CT molecular complexity index is 735. The van der Waals surface area contributed by atoms with Crippen molar-refractivity contribution >= 4 is 29.9 Å². The van der Waals surface area contributed by atoms with Crippen LogP contribution in [0.15, 0.2) is 29.3 Å². The fourth-order valence-corrected chi connectivity index (χ4v) is 2.36. The summed E-state index contributed by atoms with van der Waals surface area (Å²) in [6.07, 6.45) is 2.18. The van der Waals surface area contributed by atoms with E-state index < -0.39 is 0 Å². The largest absolute Gasteiger partial charge is 0.492 e. The molecule has 1 heterocycles. The maximum atomic E-state index is 12.9. The highest BCUT2D eigenvalue weighted by Gasteiger charge is 2.09. The first-order chi connectivity index (χ1) is 13.0. The van der Waals surface area contributed by atoms with Gasteiger partial charge in [0.05, 0.1) is 6.54 Å². The smallest absolute Gasteiger partial charge is 0.194 e. The van der Waals surface area contributed by atoms with Crippen molar-refractivity contribution in [3.05, 3.63) is 41.7 Å². The van der Waals surface area contributed by atoms with Crippen molar-refractivity contribution < 1.29 is 9.13 Å². The summed E-state index contributed by atoms with van der Waals surface area (Å²) in [5.41, 5.74) is 0. The van der Waals surface area contributed by atoms with Gasteiger partial charge >= 0.3 is 0 Å². The summed E-state index contributed by atoms with van der Waals surface area (Å²) in [5, 5.41) is 11.6. The zero-order chi connectivity index (χ0) is 19.6. The van der Waals surface area contributed by atoms with Gasteiger partial charge in [-0.1, -0.05) is 13.3 Å². The number of nitrogens with one attached hydrogen (secondary N) is 1. The van der Waals surface area contributed by atoms with Gasteiger partial charge in [0.25, 0.3) is 0 Å². The Morgan fingerprint density at radius 3 is 2.61 bits per heavy atom. The number of aryl methyl sites for hydroxylation is 1. The summed E-state index contributed by atoms with van der Waals surface area (Å²) in [5.74, 6) is 2.86. The lowest BCUT2D eigenvalue weighted by Gasteiger charge is -2.22. The molecule has 2 rings (SSSR count). The molecule has 0 saturated heterocycles. The molecule has 0 aliphatic rings. The van der Waals surface area contributed by atoms with Gasteiger partial charge in [0, 0.05) is 20.6 Å². The van der Waals surface area contributed by atoms with E-state index >= 15 is 0 Å². The highest BCUT2D eigenvalue weighted by atomic mass is 127. The Balaban J connectivity index is 0.00000392. The Labute approximate surface area is 183 Å². The summed E-state index contributed by atoms with van der Waals surface area (Å²) in [7, 11) is 3.90. The standard InChI is InChI=1S/C19H29FN6O.HI/c1-5-6-11-21-19(22-14-18-24-23-15(2)26(18)4)25(3)12-13-27-17-9-7-16(20)8-10-17;/h7-10H,5-6,11-14H2,1-4H3,(H,21,22);1H. The normalized spacial score (nSPS) is 11.1. The zero-order valence-electron chi connectivity index (χ0n) is 17.0. The molecule has 0 atom stereocenters. The third kappa shape index (κ3) is 7.61. The first kappa shape index (κ1) is 24.1. The maximum absolute atomic E-state index is 12.9. The molecule has 1 aromatic heterocycles. The van der Waals surface area contributed by atoms with Crippen molar-refractivity contribution in [2.24, 2.45) is 12.0 Å². The molecule has 0 amide bonds. The lowest BCUT2D eigenvalue weighted by Crippen LogP contribution is -2.41. The van der Waals surface area contributed by atoms with E-state index in [9.17, 15) is 4.39 Å². The van der Waals surface area contributed by atoms with Gasteiger partial charge in [-0.3, -0.25) is 0 Å². The lowest BCUT2D eigenvalue weighted by molar-refractivity contribution is 0.281. The fraction of sp³-hybridized carbons (Fsp3) is 0.526. The van der Waals surface area contributed by atoms with Crippen LogP contribution in [0, 0.1) is 12.7 Å². The van der Waals surface area contributed by atoms with Crippen LogP contribution in [0.2, 0.25) is 0 Å². The molecule has 0 aliphatic heterocycles. The number of hydrogen-bond acceptors (Lipinski definition) is 4. The van der Waals surface area contributed by atoms with Crippen LogP contribution in [-0.2, 0) is 13.6 Å². The molecule has 7 nitrogen and oxygen atoms in total. The van der Waals surface area contributed by atoms with E-state index in [-0.39, 0.29) is 29.8 Å². The molecule has 0 spiro atoms. The number of hydrogen-bond donors (Lipinski definition) is 1. The van der Waals surface area contributed by atoms with Crippen LogP contribution < -0.4 is 10.1 Å². The van der Waals surface area contributed by atoms with Crippen molar-refractivity contribution in [1.29, 1.82) is 0 Å². The third-order valence-corrected chi connectivity index (χ3v) is 4.24. The van der Waals surface area contributed by atoms with E-state index in [0.717, 1.165) is 37.0 Å². The average Bonchev–Trinajstić information content (AvgIpc) is 2.98. The van der Waals surface area contributed by atoms with Gasteiger partial charge < -0.3 is 19.5 Å². The van der Waals surface area contributed by atoms with E-state index in [0.29, 0.717) is 25.4 Å². The van der Waals surface area contributed by atoms with Crippen molar-refractivity contribution in [1.82, 2.24) is 25.0 Å². The molecule has 0 fully saturated rings. The van der Waals surface area contributed by atoms with Crippen molar-refractivity contribution in [3.63, 3.8) is 0 Å². The number of ether oxygens (including phenoxy) is 1. The minimum atomic E-state index is -0.270. The number of halogens is 2. The fourth-order valence-electron chi connectivity index (χ4n) is 2.36. The predicted octanol–water partition coefficient (Wildman–Crippen LogP) is 3.14. The molecular formula is C19H30FIN6O. The van der Waals surface area contributed by atoms with Crippen molar-refractivity contribution in [2.45, 2.75) is 33.2 Å². The SMILES string of the molecule is CCCCNC(=NCc1nnc(C)n1C)N(C)CCOc1ccc(F)cc1.I. The second kappa shape index (κ2) is 12.5. The predicted molar refractivity (Wildman–Crippen MR) is 120 cm³/mol. The molecule has 156 valence electrons. The van der Waals surface area contributed by atoms with Gasteiger partial charge in [-0.2, -0.15) is 0 Å². The molecule has 1 aromatic carbocycles. The average molecular weight is 504 g/mol. The van der Waals surface area contributed by atoms with E-state index in [1.165, 1.54) is 12.1 Å². The van der Waals surface area contributed by atoms with Gasteiger partial charge in [-0.05, 0) is 37.6 Å². The maximum Gasteiger partial charge on any atom is 0.194 e. The van der Waals surface area contributed by atoms with E-state index in [1.54, 1.807) is 12.1 Å². The lowest BCUT2D eigenvalue weighted by atomic mass is 10.3. The van der Waals surface area contributed by atoms with Gasteiger partial charge in [0.2, 0.25) is 0 Å². The molecule has 2 aromatic rings. The van der Waals surface area contributed by atoms with Crippen molar-refractivity contribution in [2.75, 3.05) is 26.7 Å². The number of aromatic nitrogens is 3. The molecule has 1 N–H and O–H groups in total. The van der Waals surface area contributed by atoms with Crippen LogP contribution >= 0.6 is 24.0 Å². The molecule has 0 aliphatic carbocycles. The number of nitrogens with zero attached hydrogens (tertiary/aromatic N) is 5. The highest BCUT2D eigenvalue weighted by molar-refractivity contribution is 14.0. The van der Waals surface area contributed by atoms with Crippen LogP contribution in [-0.4, -0.2) is 52.4 Å². The Kier molecular flexibility index (Phi) is 10.8. The van der Waals surface area contributed by atoms with Gasteiger partial charge in [0.15, 0.2) is 11.8 Å². The van der Waals surface area contributed by atoms with Crippen LogP contribution in [0.4, 0.5) is 4.39 Å². The van der Waals surface area contributed by atoms with Gasteiger partial charge in [-0.15, -0.1) is 34.2 Å². The number of benzene rings is 1. The minimum absolute atomic E-state index is 0. The molecule has 0 saturated carbocycles. The summed E-state index contributed by atoms with van der Waals surface area (Å²) >= 11 is 0. The number of unbranched alkanes of at least 4 members (excludes halogenated alkanes) is 1. The number of rotatable bonds is 9. The third-order valence-electron chi connectivity index (χ3n) is 4.24. The molecule has 9 heteroatoms. The summed E-state index contributed by atoms with van der Waals surface area (Å²) < 4.78 is 20.6. The second-order valence-electron chi connectivity index (χ2n) is 6.37. The zero-order valence-corrected chi connectivity index (χ0v) is 19.3. The Hall–Kier alpha value is -1.91. The number of likely N-dealkylation sites (N-methyl/N-ethyl adjacent to an activating group) is 1. The van der Waals surface area contributed by atoms with E-state index in [1.807, 2.05) is 30.5 Å². The van der Waals surface area contributed by atoms with Crippen LogP contribution in [0.1, 0.15) is 31.4 Å². The Morgan fingerprint density at radius 2 is 2.00 bits per heavy atom. The second-order valence-corrected chi connectivity index (χ2v) is 6.37. The molecule has 0 unspecified atom stereocenters. The summed E-state index contributed by atoms with van der Waals surface area (Å²) in [6.45, 7) is 6.50.